The third-order valence-corrected chi connectivity index (χ3v) is 1.94. The second-order valence-electron chi connectivity index (χ2n) is 3.06. The van der Waals surface area contributed by atoms with Crippen LogP contribution in [0.5, 0.6) is 0 Å². The highest BCUT2D eigenvalue weighted by molar-refractivity contribution is 5.80. The van der Waals surface area contributed by atoms with Crippen LogP contribution in [0.25, 0.3) is 0 Å². The quantitative estimate of drug-likeness (QED) is 0.405. The van der Waals surface area contributed by atoms with E-state index in [1.165, 1.54) is 0 Å². The lowest BCUT2D eigenvalue weighted by Gasteiger charge is -2.06. The highest BCUT2D eigenvalue weighted by Gasteiger charge is 1.95. The molecule has 0 aliphatic heterocycles. The van der Waals surface area contributed by atoms with Crippen molar-refractivity contribution in [1.29, 1.82) is 5.41 Å². The van der Waals surface area contributed by atoms with E-state index in [2.05, 4.69) is 5.32 Å². The summed E-state index contributed by atoms with van der Waals surface area (Å²) in [6, 6.07) is 7.97. The molecule has 76 valence electrons. The molecule has 0 radical (unpaired) electrons. The summed E-state index contributed by atoms with van der Waals surface area (Å²) in [6.45, 7) is 1.42. The summed E-state index contributed by atoms with van der Waals surface area (Å²) < 4.78 is 0. The van der Waals surface area contributed by atoms with Crippen LogP contribution in [-0.4, -0.2) is 12.4 Å². The SMILES string of the molecule is N=C(CN)NCc1cccc(CN)c1. The Morgan fingerprint density at radius 1 is 1.29 bits per heavy atom. The fraction of sp³-hybridized carbons (Fsp3) is 0.300. The average Bonchev–Trinajstić information content (AvgIpc) is 2.26. The van der Waals surface area contributed by atoms with Gasteiger partial charge in [0, 0.05) is 13.1 Å². The predicted molar refractivity (Wildman–Crippen MR) is 58.0 cm³/mol. The van der Waals surface area contributed by atoms with Gasteiger partial charge in [0.1, 0.15) is 5.84 Å². The molecular weight excluding hydrogens is 176 g/mol. The summed E-state index contributed by atoms with van der Waals surface area (Å²) >= 11 is 0. The molecule has 0 heterocycles. The Kier molecular flexibility index (Phi) is 4.10. The van der Waals surface area contributed by atoms with E-state index in [1.807, 2.05) is 24.3 Å². The molecule has 4 nitrogen and oxygen atoms in total. The van der Waals surface area contributed by atoms with Gasteiger partial charge in [0.25, 0.3) is 0 Å². The van der Waals surface area contributed by atoms with Crippen LogP contribution in [-0.2, 0) is 13.1 Å². The van der Waals surface area contributed by atoms with Gasteiger partial charge in [0.15, 0.2) is 0 Å². The van der Waals surface area contributed by atoms with Gasteiger partial charge in [-0.15, -0.1) is 0 Å². The summed E-state index contributed by atoms with van der Waals surface area (Å²) in [5, 5.41) is 10.2. The van der Waals surface area contributed by atoms with E-state index in [0.717, 1.165) is 11.1 Å². The molecule has 0 bridgehead atoms. The molecule has 0 amide bonds. The Balaban J connectivity index is 2.54. The molecule has 0 fully saturated rings. The second kappa shape index (κ2) is 5.36. The Labute approximate surface area is 83.8 Å². The van der Waals surface area contributed by atoms with Gasteiger partial charge in [0.2, 0.25) is 0 Å². The molecule has 0 unspecified atom stereocenters. The van der Waals surface area contributed by atoms with Crippen molar-refractivity contribution in [3.63, 3.8) is 0 Å². The van der Waals surface area contributed by atoms with Crippen LogP contribution in [0.3, 0.4) is 0 Å². The number of rotatable bonds is 4. The first kappa shape index (κ1) is 10.7. The zero-order chi connectivity index (χ0) is 10.4. The van der Waals surface area contributed by atoms with Crippen molar-refractivity contribution in [2.75, 3.05) is 6.54 Å². The summed E-state index contributed by atoms with van der Waals surface area (Å²) in [5.74, 6) is 0.350. The first-order chi connectivity index (χ1) is 6.76. The molecule has 0 aliphatic carbocycles. The van der Waals surface area contributed by atoms with Crippen LogP contribution >= 0.6 is 0 Å². The normalized spacial score (nSPS) is 9.86. The van der Waals surface area contributed by atoms with Gasteiger partial charge in [-0.1, -0.05) is 24.3 Å². The maximum absolute atomic E-state index is 7.32. The lowest BCUT2D eigenvalue weighted by molar-refractivity contribution is 0.884. The lowest BCUT2D eigenvalue weighted by atomic mass is 10.1. The van der Waals surface area contributed by atoms with Crippen LogP contribution in [0.2, 0.25) is 0 Å². The van der Waals surface area contributed by atoms with E-state index >= 15 is 0 Å². The van der Waals surface area contributed by atoms with Gasteiger partial charge < -0.3 is 16.8 Å². The number of nitrogens with two attached hydrogens (primary N) is 2. The molecule has 0 aliphatic rings. The van der Waals surface area contributed by atoms with Gasteiger partial charge in [-0.25, -0.2) is 0 Å². The zero-order valence-electron chi connectivity index (χ0n) is 8.09. The van der Waals surface area contributed by atoms with Crippen molar-refractivity contribution < 1.29 is 0 Å². The maximum atomic E-state index is 7.32. The third kappa shape index (κ3) is 3.16. The minimum atomic E-state index is 0.247. The number of hydrogen-bond acceptors (Lipinski definition) is 3. The van der Waals surface area contributed by atoms with E-state index in [0.29, 0.717) is 18.9 Å². The summed E-state index contributed by atoms with van der Waals surface area (Å²) in [5.41, 5.74) is 13.0. The standard InChI is InChI=1S/C10H16N4/c11-5-8-2-1-3-9(4-8)7-14-10(13)6-12/h1-4H,5-7,11-12H2,(H2,13,14). The van der Waals surface area contributed by atoms with E-state index in [9.17, 15) is 0 Å². The molecule has 0 aromatic heterocycles. The van der Waals surface area contributed by atoms with Crippen molar-refractivity contribution in [1.82, 2.24) is 5.32 Å². The monoisotopic (exact) mass is 192 g/mol. The summed E-state index contributed by atoms with van der Waals surface area (Å²) in [7, 11) is 0. The molecule has 0 saturated carbocycles. The van der Waals surface area contributed by atoms with Crippen molar-refractivity contribution >= 4 is 5.84 Å². The first-order valence-electron chi connectivity index (χ1n) is 4.55. The molecule has 6 N–H and O–H groups in total. The average molecular weight is 192 g/mol. The number of nitrogens with one attached hydrogen (secondary N) is 2. The fourth-order valence-electron chi connectivity index (χ4n) is 1.15. The molecule has 1 rings (SSSR count). The minimum absolute atomic E-state index is 0.247. The smallest absolute Gasteiger partial charge is 0.107 e. The van der Waals surface area contributed by atoms with Crippen LogP contribution in [0, 0.1) is 5.41 Å². The Morgan fingerprint density at radius 2 is 2.00 bits per heavy atom. The Bertz CT molecular complexity index is 309. The molecule has 1 aromatic rings. The first-order valence-corrected chi connectivity index (χ1v) is 4.55. The molecule has 1 aromatic carbocycles. The van der Waals surface area contributed by atoms with E-state index in [1.54, 1.807) is 0 Å². The fourth-order valence-corrected chi connectivity index (χ4v) is 1.15. The molecule has 14 heavy (non-hydrogen) atoms. The largest absolute Gasteiger partial charge is 0.369 e. The summed E-state index contributed by atoms with van der Waals surface area (Å²) in [4.78, 5) is 0. The van der Waals surface area contributed by atoms with E-state index in [-0.39, 0.29) is 6.54 Å². The van der Waals surface area contributed by atoms with Gasteiger partial charge in [-0.2, -0.15) is 0 Å². The third-order valence-electron chi connectivity index (χ3n) is 1.94. The minimum Gasteiger partial charge on any atom is -0.369 e. The van der Waals surface area contributed by atoms with Crippen LogP contribution in [0.15, 0.2) is 24.3 Å². The zero-order valence-corrected chi connectivity index (χ0v) is 8.09. The van der Waals surface area contributed by atoms with Crippen molar-refractivity contribution in [2.45, 2.75) is 13.1 Å². The number of benzene rings is 1. The molecular formula is C10H16N4. The van der Waals surface area contributed by atoms with Gasteiger partial charge in [-0.05, 0) is 11.1 Å². The molecule has 0 spiro atoms. The van der Waals surface area contributed by atoms with Crippen LogP contribution < -0.4 is 16.8 Å². The Hall–Kier alpha value is -1.39. The van der Waals surface area contributed by atoms with Crippen LogP contribution in [0.1, 0.15) is 11.1 Å². The van der Waals surface area contributed by atoms with E-state index in [4.69, 9.17) is 16.9 Å². The maximum Gasteiger partial charge on any atom is 0.107 e. The van der Waals surface area contributed by atoms with Gasteiger partial charge >= 0.3 is 0 Å². The second-order valence-corrected chi connectivity index (χ2v) is 3.06. The highest BCUT2D eigenvalue weighted by atomic mass is 14.9. The predicted octanol–water partition coefficient (Wildman–Crippen LogP) is 0.171. The van der Waals surface area contributed by atoms with E-state index < -0.39 is 0 Å². The highest BCUT2D eigenvalue weighted by Crippen LogP contribution is 2.03. The number of hydrogen-bond donors (Lipinski definition) is 4. The van der Waals surface area contributed by atoms with Crippen molar-refractivity contribution in [3.05, 3.63) is 35.4 Å². The van der Waals surface area contributed by atoms with Crippen molar-refractivity contribution in [3.8, 4) is 0 Å². The Morgan fingerprint density at radius 3 is 2.64 bits per heavy atom. The number of amidine groups is 1. The summed E-state index contributed by atoms with van der Waals surface area (Å²) in [6.07, 6.45) is 0. The lowest BCUT2D eigenvalue weighted by Crippen LogP contribution is -2.29. The molecule has 0 saturated heterocycles. The molecule has 4 heteroatoms. The van der Waals surface area contributed by atoms with Crippen LogP contribution in [0.4, 0.5) is 0 Å². The van der Waals surface area contributed by atoms with Gasteiger partial charge in [0.05, 0.1) is 6.54 Å². The topological polar surface area (TPSA) is 87.9 Å². The van der Waals surface area contributed by atoms with Crippen molar-refractivity contribution in [2.24, 2.45) is 11.5 Å². The van der Waals surface area contributed by atoms with Gasteiger partial charge in [-0.3, -0.25) is 5.41 Å². The molecule has 0 atom stereocenters.